The Morgan fingerprint density at radius 1 is 1.12 bits per heavy atom. The van der Waals surface area contributed by atoms with Crippen molar-refractivity contribution < 1.29 is 20.1 Å². The zero-order chi connectivity index (χ0) is 18.0. The summed E-state index contributed by atoms with van der Waals surface area (Å²) in [6, 6.07) is 0. The Balaban J connectivity index is 2.04. The average Bonchev–Trinajstić information content (AvgIpc) is 2.44. The Hall–Kier alpha value is -0.420. The number of hydrogen-bond donors (Lipinski definition) is 3. The molecule has 0 bridgehead atoms. The zero-order valence-electron chi connectivity index (χ0n) is 15.6. The molecule has 3 fully saturated rings. The van der Waals surface area contributed by atoms with Gasteiger partial charge in [-0.25, -0.2) is 0 Å². The lowest BCUT2D eigenvalue weighted by atomic mass is 9.43. The van der Waals surface area contributed by atoms with E-state index in [2.05, 4.69) is 27.4 Å². The van der Waals surface area contributed by atoms with Crippen molar-refractivity contribution in [2.75, 3.05) is 6.61 Å². The fourth-order valence-corrected chi connectivity index (χ4v) is 6.87. The van der Waals surface area contributed by atoms with Gasteiger partial charge in [0.05, 0.1) is 23.4 Å². The summed E-state index contributed by atoms with van der Waals surface area (Å²) in [7, 11) is 0. The van der Waals surface area contributed by atoms with Gasteiger partial charge in [0.15, 0.2) is 0 Å². The first-order valence-electron chi connectivity index (χ1n) is 9.33. The molecular weight excluding hydrogens is 304 g/mol. The number of rotatable bonds is 2. The van der Waals surface area contributed by atoms with Crippen LogP contribution in [0.4, 0.5) is 0 Å². The Morgan fingerprint density at radius 2 is 1.79 bits per heavy atom. The second-order valence-corrected chi connectivity index (χ2v) is 9.65. The Kier molecular flexibility index (Phi) is 4.24. The lowest BCUT2D eigenvalue weighted by molar-refractivity contribution is -0.288. The molecule has 0 aromatic heterocycles. The Morgan fingerprint density at radius 3 is 2.38 bits per heavy atom. The molecule has 0 spiro atoms. The van der Waals surface area contributed by atoms with E-state index in [-0.39, 0.29) is 29.5 Å². The van der Waals surface area contributed by atoms with Gasteiger partial charge < -0.3 is 20.1 Å². The molecule has 1 saturated heterocycles. The second-order valence-electron chi connectivity index (χ2n) is 9.65. The van der Waals surface area contributed by atoms with Gasteiger partial charge in [-0.05, 0) is 62.2 Å². The summed E-state index contributed by atoms with van der Waals surface area (Å²) in [5.74, 6) is 0.236. The summed E-state index contributed by atoms with van der Waals surface area (Å²) in [5, 5.41) is 31.7. The largest absolute Gasteiger partial charge is 0.396 e. The van der Waals surface area contributed by atoms with Crippen LogP contribution < -0.4 is 0 Å². The average molecular weight is 338 g/mol. The predicted octanol–water partition coefficient (Wildman–Crippen LogP) is 2.66. The quantitative estimate of drug-likeness (QED) is 0.677. The molecule has 0 aromatic rings. The number of fused-ring (bicyclic) bond motifs is 3. The second kappa shape index (κ2) is 5.54. The molecule has 8 atom stereocenters. The normalized spacial score (nSPS) is 57.8. The van der Waals surface area contributed by atoms with Gasteiger partial charge in [-0.3, -0.25) is 0 Å². The third kappa shape index (κ3) is 2.49. The lowest BCUT2D eigenvalue weighted by Gasteiger charge is -2.67. The van der Waals surface area contributed by atoms with Gasteiger partial charge in [0.1, 0.15) is 0 Å². The first-order chi connectivity index (χ1) is 11.0. The summed E-state index contributed by atoms with van der Waals surface area (Å²) in [6.07, 6.45) is 4.59. The van der Waals surface area contributed by atoms with Gasteiger partial charge >= 0.3 is 0 Å². The molecule has 1 aliphatic heterocycles. The highest BCUT2D eigenvalue weighted by atomic mass is 16.5. The van der Waals surface area contributed by atoms with Crippen LogP contribution in [0.2, 0.25) is 0 Å². The van der Waals surface area contributed by atoms with Crippen molar-refractivity contribution in [3.8, 4) is 0 Å². The van der Waals surface area contributed by atoms with Crippen molar-refractivity contribution in [2.45, 2.75) is 83.2 Å². The maximum Gasteiger partial charge on any atom is 0.0839 e. The SMILES string of the molecule is C=C[C@@]1(C)CC[C@@H]2[C@@]3(C)C[C@@H](O)C[C@@](C)(CO)[C@@H]3[C@H](O)C[C@@]2(C)O1. The van der Waals surface area contributed by atoms with Crippen LogP contribution in [0.1, 0.15) is 59.8 Å². The zero-order valence-corrected chi connectivity index (χ0v) is 15.6. The van der Waals surface area contributed by atoms with E-state index in [0.29, 0.717) is 19.3 Å². The molecule has 0 amide bonds. The molecular formula is C20H34O4. The van der Waals surface area contributed by atoms with Crippen LogP contribution in [-0.4, -0.2) is 45.3 Å². The van der Waals surface area contributed by atoms with Gasteiger partial charge in [0.25, 0.3) is 0 Å². The summed E-state index contributed by atoms with van der Waals surface area (Å²) in [4.78, 5) is 0. The number of aliphatic hydroxyl groups excluding tert-OH is 3. The van der Waals surface area contributed by atoms with Gasteiger partial charge in [-0.15, -0.1) is 6.58 Å². The van der Waals surface area contributed by atoms with Gasteiger partial charge in [0, 0.05) is 13.0 Å². The van der Waals surface area contributed by atoms with Crippen molar-refractivity contribution >= 4 is 0 Å². The number of aliphatic hydroxyl groups is 3. The first kappa shape index (κ1) is 18.4. The summed E-state index contributed by atoms with van der Waals surface area (Å²) in [5.41, 5.74) is -1.49. The summed E-state index contributed by atoms with van der Waals surface area (Å²) < 4.78 is 6.51. The van der Waals surface area contributed by atoms with Gasteiger partial charge in [0.2, 0.25) is 0 Å². The molecule has 24 heavy (non-hydrogen) atoms. The first-order valence-corrected chi connectivity index (χ1v) is 9.33. The fraction of sp³-hybridized carbons (Fsp3) is 0.900. The molecule has 0 aromatic carbocycles. The van der Waals surface area contributed by atoms with Crippen LogP contribution in [0.3, 0.4) is 0 Å². The van der Waals surface area contributed by atoms with Crippen molar-refractivity contribution in [3.63, 3.8) is 0 Å². The summed E-state index contributed by atoms with van der Waals surface area (Å²) >= 11 is 0. The minimum absolute atomic E-state index is 0.00393. The molecule has 4 heteroatoms. The highest BCUT2D eigenvalue weighted by molar-refractivity contribution is 5.16. The highest BCUT2D eigenvalue weighted by Crippen LogP contribution is 2.65. The van der Waals surface area contributed by atoms with E-state index in [1.165, 1.54) is 0 Å². The number of ether oxygens (including phenoxy) is 1. The molecule has 138 valence electrons. The van der Waals surface area contributed by atoms with E-state index in [1.54, 1.807) is 0 Å². The molecule has 3 aliphatic rings. The third-order valence-corrected chi connectivity index (χ3v) is 7.56. The van der Waals surface area contributed by atoms with Crippen molar-refractivity contribution in [1.29, 1.82) is 0 Å². The topological polar surface area (TPSA) is 69.9 Å². The Labute approximate surface area is 145 Å². The molecule has 1 heterocycles. The maximum atomic E-state index is 11.1. The van der Waals surface area contributed by atoms with Crippen LogP contribution in [0, 0.1) is 22.7 Å². The molecule has 0 radical (unpaired) electrons. The molecule has 4 nitrogen and oxygen atoms in total. The highest BCUT2D eigenvalue weighted by Gasteiger charge is 2.66. The van der Waals surface area contributed by atoms with Crippen LogP contribution >= 0.6 is 0 Å². The van der Waals surface area contributed by atoms with E-state index in [4.69, 9.17) is 4.74 Å². The van der Waals surface area contributed by atoms with Crippen molar-refractivity contribution in [2.24, 2.45) is 22.7 Å². The van der Waals surface area contributed by atoms with Crippen LogP contribution in [0.25, 0.3) is 0 Å². The maximum absolute atomic E-state index is 11.1. The van der Waals surface area contributed by atoms with E-state index in [1.807, 2.05) is 13.0 Å². The lowest BCUT2D eigenvalue weighted by Crippen LogP contribution is -2.68. The van der Waals surface area contributed by atoms with E-state index in [9.17, 15) is 15.3 Å². The smallest absolute Gasteiger partial charge is 0.0839 e. The van der Waals surface area contributed by atoms with Gasteiger partial charge in [-0.1, -0.05) is 19.9 Å². The molecule has 2 saturated carbocycles. The number of hydrogen-bond acceptors (Lipinski definition) is 4. The molecule has 3 N–H and O–H groups in total. The standard InChI is InChI=1S/C20H34O4/c1-6-18(3)8-7-15-19(4)10-13(22)9-17(2,12-21)16(19)14(23)11-20(15,5)24-18/h6,13-16,21-23H,1,7-12H2,2-5H3/t13-,14+,15+,16-,17-,18-,19+,20+/m0/s1. The summed E-state index contributed by atoms with van der Waals surface area (Å²) in [6.45, 7) is 12.3. The minimum atomic E-state index is -0.534. The molecule has 0 unspecified atom stereocenters. The van der Waals surface area contributed by atoms with E-state index < -0.39 is 23.2 Å². The fourth-order valence-electron chi connectivity index (χ4n) is 6.87. The minimum Gasteiger partial charge on any atom is -0.396 e. The monoisotopic (exact) mass is 338 g/mol. The Bertz CT molecular complexity index is 522. The van der Waals surface area contributed by atoms with Crippen LogP contribution in [-0.2, 0) is 4.74 Å². The van der Waals surface area contributed by atoms with Gasteiger partial charge in [-0.2, -0.15) is 0 Å². The van der Waals surface area contributed by atoms with Crippen LogP contribution in [0.15, 0.2) is 12.7 Å². The van der Waals surface area contributed by atoms with Crippen molar-refractivity contribution in [3.05, 3.63) is 12.7 Å². The third-order valence-electron chi connectivity index (χ3n) is 7.56. The van der Waals surface area contributed by atoms with Crippen LogP contribution in [0.5, 0.6) is 0 Å². The molecule has 2 aliphatic carbocycles. The molecule has 3 rings (SSSR count). The van der Waals surface area contributed by atoms with E-state index in [0.717, 1.165) is 12.8 Å². The predicted molar refractivity (Wildman–Crippen MR) is 93.5 cm³/mol. The van der Waals surface area contributed by atoms with E-state index >= 15 is 0 Å². The van der Waals surface area contributed by atoms with Crippen molar-refractivity contribution in [1.82, 2.24) is 0 Å².